The van der Waals surface area contributed by atoms with E-state index in [2.05, 4.69) is 81.3 Å². The predicted octanol–water partition coefficient (Wildman–Crippen LogP) is 7.91. The molecule has 1 unspecified atom stereocenters. The lowest BCUT2D eigenvalue weighted by Gasteiger charge is -2.37. The van der Waals surface area contributed by atoms with Gasteiger partial charge in [-0.05, 0) is 102 Å². The summed E-state index contributed by atoms with van der Waals surface area (Å²) < 4.78 is 9.60. The number of likely N-dealkylation sites (tertiary alicyclic amines) is 2. The molecule has 14 nitrogen and oxygen atoms in total. The van der Waals surface area contributed by atoms with Crippen molar-refractivity contribution in [3.63, 3.8) is 0 Å². The number of nitrogens with one attached hydrogen (secondary N) is 4. The molecule has 5 aromatic rings. The van der Waals surface area contributed by atoms with Gasteiger partial charge >= 0.3 is 12.2 Å². The van der Waals surface area contributed by atoms with Gasteiger partial charge in [0, 0.05) is 18.2 Å². The fraction of sp³-hybridized carbons (Fsp3) is 0.447. The predicted molar refractivity (Wildman–Crippen MR) is 230 cm³/mol. The zero-order valence-electron chi connectivity index (χ0n) is 35.4. The second-order valence-electron chi connectivity index (χ2n) is 17.8. The van der Waals surface area contributed by atoms with Crippen molar-refractivity contribution < 1.29 is 28.7 Å². The number of aromatic nitrogens is 4. The first kappa shape index (κ1) is 40.2. The van der Waals surface area contributed by atoms with Gasteiger partial charge in [0.15, 0.2) is 0 Å². The number of ether oxygens (including phenoxy) is 2. The number of imidazole rings is 2. The van der Waals surface area contributed by atoms with Gasteiger partial charge in [-0.15, -0.1) is 0 Å². The maximum atomic E-state index is 14.0. The Labute approximate surface area is 355 Å². The number of carbonyl (C=O) groups excluding carboxylic acids is 4. The van der Waals surface area contributed by atoms with Crippen LogP contribution in [-0.4, -0.2) is 92.6 Å². The zero-order chi connectivity index (χ0) is 42.6. The van der Waals surface area contributed by atoms with Crippen LogP contribution in [0.4, 0.5) is 9.59 Å². The van der Waals surface area contributed by atoms with Gasteiger partial charge in [-0.1, -0.05) is 69.3 Å². The molecule has 14 heteroatoms. The summed E-state index contributed by atoms with van der Waals surface area (Å²) in [6.07, 6.45) is 8.91. The van der Waals surface area contributed by atoms with Crippen LogP contribution in [-0.2, 0) is 19.1 Å². The van der Waals surface area contributed by atoms with E-state index in [9.17, 15) is 19.2 Å². The summed E-state index contributed by atoms with van der Waals surface area (Å²) in [5.74, 6) is 1.56. The Bertz CT molecular complexity index is 2470. The minimum absolute atomic E-state index is 0.0905. The molecule has 3 aromatic carbocycles. The van der Waals surface area contributed by atoms with Crippen LogP contribution in [0.3, 0.4) is 0 Å². The standard InChI is InChI=1S/C47H54N8O6/c1-6-35(52-45(58)60-4)43(56)54-25-47(17-18-47)22-38(54)41-48-24-37(50-41)32-14-13-30-19-29(11-12-31(30)20-32)27-7-9-28(10-8-27)36-23-49-42(51-36)40-33-15-16-34(21-33)55(40)44(57)39(26(2)3)53-46(59)61-5/h7-14,19-20,23-24,26,33-35,38-40H,6,15-18,21-22,25H2,1-5H3,(H,48,50)(H,49,51)(H,52,58)(H,53,59)/t33?,34-,35+,38+,39+,40+/m1/s1. The highest BCUT2D eigenvalue weighted by Gasteiger charge is 2.55. The van der Waals surface area contributed by atoms with Crippen molar-refractivity contribution in [2.45, 2.75) is 95.9 Å². The number of amides is 4. The number of carbonyl (C=O) groups is 4. The van der Waals surface area contributed by atoms with Gasteiger partial charge in [0.05, 0.1) is 50.1 Å². The van der Waals surface area contributed by atoms with Crippen LogP contribution in [0.5, 0.6) is 0 Å². The van der Waals surface area contributed by atoms with Crippen molar-refractivity contribution in [2.24, 2.45) is 17.3 Å². The van der Waals surface area contributed by atoms with Gasteiger partial charge in [-0.3, -0.25) is 9.59 Å². The molecular weight excluding hydrogens is 773 g/mol. The third-order valence-electron chi connectivity index (χ3n) is 13.6. The maximum absolute atomic E-state index is 14.0. The van der Waals surface area contributed by atoms with Crippen LogP contribution >= 0.6 is 0 Å². The Morgan fingerprint density at radius 1 is 0.787 bits per heavy atom. The normalized spacial score (nSPS) is 22.1. The zero-order valence-corrected chi connectivity index (χ0v) is 35.4. The van der Waals surface area contributed by atoms with Crippen molar-refractivity contribution in [1.82, 2.24) is 40.4 Å². The summed E-state index contributed by atoms with van der Waals surface area (Å²) in [5, 5.41) is 7.68. The number of H-pyrrole nitrogens is 2. The first-order valence-corrected chi connectivity index (χ1v) is 21.5. The van der Waals surface area contributed by atoms with Crippen LogP contribution in [0.15, 0.2) is 73.1 Å². The van der Waals surface area contributed by atoms with Gasteiger partial charge < -0.3 is 39.9 Å². The lowest BCUT2D eigenvalue weighted by molar-refractivity contribution is -0.139. The molecule has 4 heterocycles. The molecule has 2 aromatic heterocycles. The fourth-order valence-electron chi connectivity index (χ4n) is 10.0. The number of aromatic amines is 2. The average molecular weight is 827 g/mol. The first-order valence-electron chi connectivity index (χ1n) is 21.5. The first-order chi connectivity index (χ1) is 29.5. The SMILES string of the molecule is CC[C@H](NC(=O)OC)C(=O)N1CC2(CC2)C[C@H]1c1ncc(-c2ccc3cc(-c4ccc(-c5cnc([C@@H]6C7CC[C@H](C7)N6C(=O)[C@@H](NC(=O)OC)C(C)C)[nH]5)cc4)ccc3c2)[nH]1. The number of methoxy groups -OCH3 is 2. The monoisotopic (exact) mass is 826 g/mol. The molecule has 9 rings (SSSR count). The van der Waals surface area contributed by atoms with Crippen molar-refractivity contribution in [2.75, 3.05) is 20.8 Å². The summed E-state index contributed by atoms with van der Waals surface area (Å²) in [4.78, 5) is 72.3. The van der Waals surface area contributed by atoms with Crippen molar-refractivity contribution in [3.05, 3.63) is 84.7 Å². The molecular formula is C47H54N8O6. The minimum atomic E-state index is -0.680. The van der Waals surface area contributed by atoms with E-state index >= 15 is 0 Å². The Morgan fingerprint density at radius 3 is 2.07 bits per heavy atom. The number of fused-ring (bicyclic) bond motifs is 3. The lowest BCUT2D eigenvalue weighted by atomic mass is 9.95. The number of hydrogen-bond donors (Lipinski definition) is 4. The summed E-state index contributed by atoms with van der Waals surface area (Å²) >= 11 is 0. The van der Waals surface area contributed by atoms with E-state index in [1.807, 2.05) is 43.0 Å². The summed E-state index contributed by atoms with van der Waals surface area (Å²) in [6.45, 7) is 6.41. The number of hydrogen-bond acceptors (Lipinski definition) is 8. The molecule has 318 valence electrons. The molecule has 61 heavy (non-hydrogen) atoms. The highest BCUT2D eigenvalue weighted by atomic mass is 16.5. The van der Waals surface area contributed by atoms with Crippen LogP contribution in [0.1, 0.15) is 89.4 Å². The number of nitrogens with zero attached hydrogens (tertiary/aromatic N) is 4. The van der Waals surface area contributed by atoms with Crippen LogP contribution < -0.4 is 10.6 Å². The Hall–Kier alpha value is -6.18. The number of rotatable bonds is 11. The smallest absolute Gasteiger partial charge is 0.407 e. The van der Waals surface area contributed by atoms with Gasteiger partial charge in [0.25, 0.3) is 0 Å². The molecule has 2 saturated carbocycles. The van der Waals surface area contributed by atoms with Gasteiger partial charge in [-0.2, -0.15) is 0 Å². The number of piperidine rings is 1. The minimum Gasteiger partial charge on any atom is -0.453 e. The molecule has 1 spiro atoms. The van der Waals surface area contributed by atoms with Crippen molar-refractivity contribution in [3.8, 4) is 33.6 Å². The van der Waals surface area contributed by atoms with E-state index in [1.165, 1.54) is 14.2 Å². The third kappa shape index (κ3) is 7.61. The van der Waals surface area contributed by atoms with Crippen LogP contribution in [0.25, 0.3) is 44.4 Å². The van der Waals surface area contributed by atoms with E-state index in [4.69, 9.17) is 19.4 Å². The molecule has 2 aliphatic carbocycles. The fourth-order valence-corrected chi connectivity index (χ4v) is 10.0. The summed E-state index contributed by atoms with van der Waals surface area (Å²) in [6, 6.07) is 19.7. The highest BCUT2D eigenvalue weighted by Crippen LogP contribution is 2.58. The largest absolute Gasteiger partial charge is 0.453 e. The summed E-state index contributed by atoms with van der Waals surface area (Å²) in [5.41, 5.74) is 6.10. The van der Waals surface area contributed by atoms with E-state index in [1.54, 1.807) is 0 Å². The van der Waals surface area contributed by atoms with Crippen LogP contribution in [0.2, 0.25) is 0 Å². The van der Waals surface area contributed by atoms with E-state index in [0.717, 1.165) is 94.6 Å². The Morgan fingerprint density at radius 2 is 1.39 bits per heavy atom. The molecule has 6 atom stereocenters. The van der Waals surface area contributed by atoms with Gasteiger partial charge in [-0.25, -0.2) is 19.6 Å². The third-order valence-corrected chi connectivity index (χ3v) is 13.6. The molecule has 2 bridgehead atoms. The quantitative estimate of drug-likeness (QED) is 0.104. The van der Waals surface area contributed by atoms with E-state index in [0.29, 0.717) is 18.9 Å². The average Bonchev–Trinajstić information content (AvgIpc) is 3.91. The van der Waals surface area contributed by atoms with Crippen LogP contribution in [0, 0.1) is 17.3 Å². The van der Waals surface area contributed by atoms with E-state index in [-0.39, 0.29) is 41.3 Å². The highest BCUT2D eigenvalue weighted by molar-refractivity contribution is 5.91. The molecule has 2 aliphatic heterocycles. The molecule has 4 fully saturated rings. The van der Waals surface area contributed by atoms with Gasteiger partial charge in [0.1, 0.15) is 23.7 Å². The van der Waals surface area contributed by atoms with Crippen molar-refractivity contribution in [1.29, 1.82) is 0 Å². The van der Waals surface area contributed by atoms with Crippen molar-refractivity contribution >= 4 is 34.8 Å². The molecule has 4 aliphatic rings. The number of alkyl carbamates (subject to hydrolysis) is 2. The Kier molecular flexibility index (Phi) is 10.6. The second-order valence-corrected chi connectivity index (χ2v) is 17.8. The molecule has 4 amide bonds. The molecule has 0 radical (unpaired) electrons. The number of benzene rings is 3. The topological polar surface area (TPSA) is 175 Å². The second kappa shape index (κ2) is 16.0. The summed E-state index contributed by atoms with van der Waals surface area (Å²) in [7, 11) is 2.61. The molecule has 2 saturated heterocycles. The Balaban J connectivity index is 0.891. The maximum Gasteiger partial charge on any atom is 0.407 e. The molecule has 4 N–H and O–H groups in total. The van der Waals surface area contributed by atoms with E-state index < -0.39 is 24.3 Å². The van der Waals surface area contributed by atoms with Gasteiger partial charge in [0.2, 0.25) is 11.8 Å². The lowest BCUT2D eigenvalue weighted by Crippen LogP contribution is -2.54.